The van der Waals surface area contributed by atoms with Crippen molar-refractivity contribution in [1.82, 2.24) is 0 Å². The molecule has 0 N–H and O–H groups in total. The van der Waals surface area contributed by atoms with Gasteiger partial charge >= 0.3 is 18.6 Å². The molecule has 0 aliphatic carbocycles. The molecule has 0 bridgehead atoms. The fourth-order valence-corrected chi connectivity index (χ4v) is 0. The molecule has 16 heteroatoms. The normalized spacial score (nSPS) is 3.75. The van der Waals surface area contributed by atoms with Crippen molar-refractivity contribution in [2.24, 2.45) is 26.7 Å². The predicted molar refractivity (Wildman–Crippen MR) is 45.8 cm³/mol. The van der Waals surface area contributed by atoms with E-state index in [1.807, 2.05) is 0 Å². The molecule has 0 heterocycles. The summed E-state index contributed by atoms with van der Waals surface area (Å²) in [7, 11) is 0. The van der Waals surface area contributed by atoms with E-state index in [1.165, 1.54) is 0 Å². The summed E-state index contributed by atoms with van der Waals surface area (Å²) < 4.78 is 0. The zero-order valence-electron chi connectivity index (χ0n) is 6.77. The van der Waals surface area contributed by atoms with Gasteiger partial charge in [0.25, 0.3) is 0 Å². The van der Waals surface area contributed by atoms with Gasteiger partial charge in [-0.25, -0.2) is 0 Å². The summed E-state index contributed by atoms with van der Waals surface area (Å²) >= 11 is 0. The molecule has 0 aliphatic rings. The monoisotopic (exact) mass is 281 g/mol. The van der Waals surface area contributed by atoms with E-state index in [-0.39, 0.29) is 18.6 Å². The quantitative estimate of drug-likeness (QED) is 0.452. The van der Waals surface area contributed by atoms with E-state index in [4.69, 9.17) is 50.6 Å². The van der Waals surface area contributed by atoms with Crippen LogP contribution in [-0.2, 0) is 18.6 Å². The van der Waals surface area contributed by atoms with E-state index in [9.17, 15) is 0 Å². The van der Waals surface area contributed by atoms with E-state index in [0.29, 0.717) is 0 Å². The van der Waals surface area contributed by atoms with Crippen LogP contribution in [0.3, 0.4) is 0 Å². The Kier molecular flexibility index (Phi) is 591. The fourth-order valence-electron chi connectivity index (χ4n) is 0. The Balaban J connectivity index is -0.0000000192. The Morgan fingerprint density at radius 3 is 0.438 bits per heavy atom. The third kappa shape index (κ3) is 222. The number of hydrogen-bond donors (Lipinski definition) is 0. The Morgan fingerprint density at radius 2 is 0.438 bits per heavy atom. The van der Waals surface area contributed by atoms with Crippen molar-refractivity contribution >= 4 is 0 Å². The number of nitrogens with zero attached hydrogens (tertiary/aromatic N) is 5. The standard InChI is InChI=1S/5HNO2.V/c5*2-1-3;/h5*(H,2,3);/q;;;;;+5/p-5. The van der Waals surface area contributed by atoms with Gasteiger partial charge in [0, 0.05) is 0 Å². The van der Waals surface area contributed by atoms with Gasteiger partial charge in [-0.05, 0) is 0 Å². The summed E-state index contributed by atoms with van der Waals surface area (Å²) in [4.78, 5) is 40.0. The van der Waals surface area contributed by atoms with Crippen LogP contribution in [-0.4, -0.2) is 0 Å². The summed E-state index contributed by atoms with van der Waals surface area (Å²) in [5.41, 5.74) is 0. The Bertz CT molecular complexity index is 91.5. The second-order valence-corrected chi connectivity index (χ2v) is 0.373. The first kappa shape index (κ1) is 37.4. The molecule has 0 radical (unpaired) electrons. The average molecular weight is 281 g/mol. The maximum Gasteiger partial charge on any atom is 5.00 e. The molecule has 90 valence electrons. The van der Waals surface area contributed by atoms with Gasteiger partial charge in [0.05, 0.1) is 0 Å². The predicted octanol–water partition coefficient (Wildman–Crippen LogP) is 1.25. The molecule has 16 heavy (non-hydrogen) atoms. The van der Waals surface area contributed by atoms with Gasteiger partial charge in [-0.1, -0.05) is 0 Å². The largest absolute Gasteiger partial charge is 5.00 e. The van der Waals surface area contributed by atoms with Crippen molar-refractivity contribution in [3.05, 3.63) is 50.6 Å². The van der Waals surface area contributed by atoms with Crippen LogP contribution in [0.2, 0.25) is 0 Å². The van der Waals surface area contributed by atoms with E-state index in [2.05, 4.69) is 0 Å². The zero-order valence-corrected chi connectivity index (χ0v) is 8.16. The molecule has 0 saturated heterocycles. The smallest absolute Gasteiger partial charge is 0.444 e. The summed E-state index contributed by atoms with van der Waals surface area (Å²) in [6.07, 6.45) is 0. The van der Waals surface area contributed by atoms with Crippen LogP contribution in [0.5, 0.6) is 0 Å². The average Bonchev–Trinajstić information content (AvgIpc) is 2.09. The van der Waals surface area contributed by atoms with Crippen LogP contribution in [0.1, 0.15) is 0 Å². The van der Waals surface area contributed by atoms with Crippen LogP contribution in [0.15, 0.2) is 26.7 Å². The summed E-state index contributed by atoms with van der Waals surface area (Å²) in [5, 5.41) is 45.0. The van der Waals surface area contributed by atoms with E-state index in [1.54, 1.807) is 0 Å². The van der Waals surface area contributed by atoms with E-state index in [0.717, 1.165) is 26.7 Å². The molecule has 0 saturated carbocycles. The molecule has 0 unspecified atom stereocenters. The number of hydrogen-bond acceptors (Lipinski definition) is 15. The maximum absolute atomic E-state index is 8.00. The van der Waals surface area contributed by atoms with Gasteiger partial charge in [0.15, 0.2) is 0 Å². The van der Waals surface area contributed by atoms with Crippen molar-refractivity contribution in [3.63, 3.8) is 0 Å². The first-order chi connectivity index (χ1) is 7.07. The van der Waals surface area contributed by atoms with Crippen molar-refractivity contribution in [2.75, 3.05) is 0 Å². The third-order valence-corrected chi connectivity index (χ3v) is 0. The minimum Gasteiger partial charge on any atom is -0.444 e. The third-order valence-electron chi connectivity index (χ3n) is 0. The van der Waals surface area contributed by atoms with Crippen molar-refractivity contribution in [2.45, 2.75) is 0 Å². The van der Waals surface area contributed by atoms with Crippen LogP contribution in [0, 0.1) is 50.6 Å². The van der Waals surface area contributed by atoms with Gasteiger partial charge in [-0.2, -0.15) is 0 Å². The molecule has 0 aromatic rings. The SMILES string of the molecule is O=N[O-].O=N[O-].O=N[O-].O=N[O-].O=N[O-].[V+5]. The van der Waals surface area contributed by atoms with E-state index < -0.39 is 0 Å². The maximum atomic E-state index is 8.00. The van der Waals surface area contributed by atoms with Gasteiger partial charge in [-0.15, -0.1) is 26.7 Å². The molecule has 0 aliphatic heterocycles. The first-order valence-corrected chi connectivity index (χ1v) is 1.83. The molecule has 0 atom stereocenters. The fraction of sp³-hybridized carbons (Fsp3) is 0. The van der Waals surface area contributed by atoms with Gasteiger partial charge in [0.2, 0.25) is 0 Å². The molecule has 0 amide bonds. The zero-order chi connectivity index (χ0) is 13.5. The number of rotatable bonds is 0. The topological polar surface area (TPSA) is 262 Å². The first-order valence-electron chi connectivity index (χ1n) is 1.83. The molecule has 15 nitrogen and oxygen atoms in total. The summed E-state index contributed by atoms with van der Waals surface area (Å²) in [6.45, 7) is 0. The molecule has 0 aromatic heterocycles. The van der Waals surface area contributed by atoms with Crippen LogP contribution >= 0.6 is 0 Å². The Morgan fingerprint density at radius 1 is 0.438 bits per heavy atom. The van der Waals surface area contributed by atoms with E-state index >= 15 is 0 Å². The second kappa shape index (κ2) is 253. The van der Waals surface area contributed by atoms with Crippen molar-refractivity contribution in [3.8, 4) is 0 Å². The Labute approximate surface area is 96.6 Å². The summed E-state index contributed by atoms with van der Waals surface area (Å²) in [5.74, 6) is 0. The molecule has 0 rings (SSSR count). The minimum atomic E-state index is 0. The molecule has 0 aromatic carbocycles. The van der Waals surface area contributed by atoms with Crippen LogP contribution < -0.4 is 0 Å². The molecular weight excluding hydrogens is 281 g/mol. The molecule has 0 fully saturated rings. The Hall–Kier alpha value is -2.42. The second-order valence-electron chi connectivity index (χ2n) is 0.373. The van der Waals surface area contributed by atoms with Crippen molar-refractivity contribution in [1.29, 1.82) is 0 Å². The minimum absolute atomic E-state index is 0. The summed E-state index contributed by atoms with van der Waals surface area (Å²) in [6, 6.07) is 0. The van der Waals surface area contributed by atoms with Crippen molar-refractivity contribution < 1.29 is 18.6 Å². The van der Waals surface area contributed by atoms with Gasteiger partial charge < -0.3 is 50.6 Å². The molecular formula is N5O10V. The van der Waals surface area contributed by atoms with Gasteiger partial charge in [-0.3, -0.25) is 0 Å². The molecule has 0 spiro atoms. The van der Waals surface area contributed by atoms with Gasteiger partial charge in [0.1, 0.15) is 0 Å². The van der Waals surface area contributed by atoms with Crippen LogP contribution in [0.4, 0.5) is 0 Å². The van der Waals surface area contributed by atoms with Crippen LogP contribution in [0.25, 0.3) is 0 Å².